The Kier molecular flexibility index (Phi) is 10.8. The summed E-state index contributed by atoms with van der Waals surface area (Å²) in [6, 6.07) is 81.6. The second kappa shape index (κ2) is 18.2. The van der Waals surface area contributed by atoms with Crippen LogP contribution in [0.5, 0.6) is 0 Å². The Hall–Kier alpha value is -10.2. The maximum absolute atomic E-state index is 9.90. The van der Waals surface area contributed by atoms with Crippen molar-refractivity contribution in [2.45, 2.75) is 0 Å². The minimum Gasteiger partial charge on any atom is -0.308 e. The third-order valence-corrected chi connectivity index (χ3v) is 12.7. The van der Waals surface area contributed by atoms with E-state index in [9.17, 15) is 10.5 Å². The van der Waals surface area contributed by atoms with Crippen LogP contribution in [0, 0.1) is 22.7 Å². The standard InChI is InChI=1S/C63H38N8/c64-39-41-15-13-25-47(33-41)49-27-30-52-53-31-28-50(48-26-14-16-42(34-48)40-65)37-59(53)71(58(52)36-49)57-32-29-51(62-69-60(45-21-9-3-10-22-45)68-61(70-62)46-23-11-4-12-24-46)35-54(57)63-66-55(43-17-5-1-6-18-43)38-56(67-63)44-19-7-2-8-20-44/h1-38H. The highest BCUT2D eigenvalue weighted by atomic mass is 15.0. The molecule has 0 aliphatic heterocycles. The zero-order valence-electron chi connectivity index (χ0n) is 38.0. The quantitative estimate of drug-likeness (QED) is 0.142. The summed E-state index contributed by atoms with van der Waals surface area (Å²) in [5, 5.41) is 21.9. The molecule has 0 fully saturated rings. The predicted octanol–water partition coefficient (Wildman–Crippen LogP) is 14.8. The van der Waals surface area contributed by atoms with Gasteiger partial charge < -0.3 is 4.57 Å². The van der Waals surface area contributed by atoms with Gasteiger partial charge in [0, 0.05) is 44.2 Å². The first kappa shape index (κ1) is 42.2. The van der Waals surface area contributed by atoms with E-state index >= 15 is 0 Å². The van der Waals surface area contributed by atoms with Gasteiger partial charge in [-0.2, -0.15) is 10.5 Å². The smallest absolute Gasteiger partial charge is 0.164 e. The number of hydrogen-bond acceptors (Lipinski definition) is 7. The molecule has 0 spiro atoms. The molecule has 0 unspecified atom stereocenters. The van der Waals surface area contributed by atoms with E-state index in [1.54, 1.807) is 0 Å². The van der Waals surface area contributed by atoms with E-state index < -0.39 is 0 Å². The fourth-order valence-corrected chi connectivity index (χ4v) is 9.24. The molecule has 0 bridgehead atoms. The Morgan fingerprint density at radius 3 is 1.14 bits per heavy atom. The predicted molar refractivity (Wildman–Crippen MR) is 283 cm³/mol. The lowest BCUT2D eigenvalue weighted by Crippen LogP contribution is -2.04. The van der Waals surface area contributed by atoms with Crippen LogP contribution in [0.25, 0.3) is 118 Å². The fraction of sp³-hybridized carbons (Fsp3) is 0. The minimum atomic E-state index is 0.495. The van der Waals surface area contributed by atoms with E-state index in [0.29, 0.717) is 34.4 Å². The molecule has 0 amide bonds. The molecule has 0 N–H and O–H groups in total. The third kappa shape index (κ3) is 8.14. The number of rotatable bonds is 9. The Bertz CT molecular complexity index is 3830. The van der Waals surface area contributed by atoms with Crippen LogP contribution < -0.4 is 0 Å². The number of nitrogens with zero attached hydrogens (tertiary/aromatic N) is 8. The van der Waals surface area contributed by atoms with Crippen molar-refractivity contribution in [1.82, 2.24) is 29.5 Å². The first-order chi connectivity index (χ1) is 35.1. The van der Waals surface area contributed by atoms with Crippen LogP contribution in [0.2, 0.25) is 0 Å². The number of hydrogen-bond donors (Lipinski definition) is 0. The van der Waals surface area contributed by atoms with Crippen LogP contribution in [0.3, 0.4) is 0 Å². The van der Waals surface area contributed by atoms with E-state index in [0.717, 1.165) is 94.5 Å². The van der Waals surface area contributed by atoms with E-state index in [4.69, 9.17) is 24.9 Å². The summed E-state index contributed by atoms with van der Waals surface area (Å²) in [6.45, 7) is 0. The first-order valence-electron chi connectivity index (χ1n) is 23.2. The van der Waals surface area contributed by atoms with Crippen LogP contribution in [0.1, 0.15) is 11.1 Å². The highest BCUT2D eigenvalue weighted by Crippen LogP contribution is 2.41. The second-order valence-electron chi connectivity index (χ2n) is 17.1. The molecule has 0 aliphatic carbocycles. The largest absolute Gasteiger partial charge is 0.308 e. The molecular weight excluding hydrogens is 869 g/mol. The van der Waals surface area contributed by atoms with Gasteiger partial charge in [0.2, 0.25) is 0 Å². The fourth-order valence-electron chi connectivity index (χ4n) is 9.24. The molecule has 71 heavy (non-hydrogen) atoms. The van der Waals surface area contributed by atoms with Gasteiger partial charge in [-0.05, 0) is 82.9 Å². The van der Waals surface area contributed by atoms with Crippen molar-refractivity contribution in [3.8, 4) is 108 Å². The van der Waals surface area contributed by atoms with Crippen molar-refractivity contribution in [3.63, 3.8) is 0 Å². The van der Waals surface area contributed by atoms with Crippen molar-refractivity contribution in [2.75, 3.05) is 0 Å². The molecule has 0 aliphatic rings. The maximum Gasteiger partial charge on any atom is 0.164 e. The molecule has 330 valence electrons. The van der Waals surface area contributed by atoms with Gasteiger partial charge in [0.1, 0.15) is 0 Å². The van der Waals surface area contributed by atoms with E-state index in [-0.39, 0.29) is 0 Å². The molecule has 12 aromatic rings. The highest BCUT2D eigenvalue weighted by molar-refractivity contribution is 6.11. The van der Waals surface area contributed by atoms with Gasteiger partial charge >= 0.3 is 0 Å². The summed E-state index contributed by atoms with van der Waals surface area (Å²) in [5.74, 6) is 2.11. The topological polar surface area (TPSA) is 117 Å². The SMILES string of the molecule is N#Cc1cccc(-c2ccc3c4ccc(-c5cccc(C#N)c5)cc4n(-c4ccc(-c5nc(-c6ccccc6)nc(-c6ccccc6)n5)cc4-c4nc(-c5ccccc5)cc(-c5ccccc5)n4)c3c2)c1. The molecule has 3 heterocycles. The lowest BCUT2D eigenvalue weighted by Gasteiger charge is -2.17. The van der Waals surface area contributed by atoms with Crippen molar-refractivity contribution in [2.24, 2.45) is 0 Å². The van der Waals surface area contributed by atoms with Gasteiger partial charge in [0.15, 0.2) is 23.3 Å². The Morgan fingerprint density at radius 1 is 0.296 bits per heavy atom. The molecule has 0 saturated carbocycles. The van der Waals surface area contributed by atoms with Gasteiger partial charge in [-0.15, -0.1) is 0 Å². The molecular formula is C63H38N8. The van der Waals surface area contributed by atoms with Gasteiger partial charge in [0.25, 0.3) is 0 Å². The van der Waals surface area contributed by atoms with Crippen LogP contribution in [-0.2, 0) is 0 Å². The summed E-state index contributed by atoms with van der Waals surface area (Å²) >= 11 is 0. The monoisotopic (exact) mass is 906 g/mol. The molecule has 0 saturated heterocycles. The number of fused-ring (bicyclic) bond motifs is 3. The van der Waals surface area contributed by atoms with E-state index in [2.05, 4.69) is 95.6 Å². The molecule has 8 heteroatoms. The number of benzene rings is 9. The summed E-state index contributed by atoms with van der Waals surface area (Å²) in [5.41, 5.74) is 14.3. The second-order valence-corrected chi connectivity index (χ2v) is 17.1. The lowest BCUT2D eigenvalue weighted by molar-refractivity contribution is 1.07. The molecule has 3 aromatic heterocycles. The van der Waals surface area contributed by atoms with Gasteiger partial charge in [-0.25, -0.2) is 24.9 Å². The van der Waals surface area contributed by atoms with Gasteiger partial charge in [-0.3, -0.25) is 0 Å². The minimum absolute atomic E-state index is 0.495. The van der Waals surface area contributed by atoms with Crippen molar-refractivity contribution in [1.29, 1.82) is 10.5 Å². The molecule has 0 atom stereocenters. The zero-order valence-corrected chi connectivity index (χ0v) is 38.0. The molecule has 9 aromatic carbocycles. The number of nitriles is 2. The van der Waals surface area contributed by atoms with Crippen LogP contribution in [0.4, 0.5) is 0 Å². The third-order valence-electron chi connectivity index (χ3n) is 12.7. The molecule has 12 rings (SSSR count). The van der Waals surface area contributed by atoms with Crippen molar-refractivity contribution >= 4 is 21.8 Å². The summed E-state index contributed by atoms with van der Waals surface area (Å²) in [4.78, 5) is 26.2. The zero-order chi connectivity index (χ0) is 47.7. The first-order valence-corrected chi connectivity index (χ1v) is 23.2. The normalized spacial score (nSPS) is 11.1. The van der Waals surface area contributed by atoms with Crippen LogP contribution in [-0.4, -0.2) is 29.5 Å². The van der Waals surface area contributed by atoms with Gasteiger partial charge in [0.05, 0.1) is 51.4 Å². The highest BCUT2D eigenvalue weighted by Gasteiger charge is 2.23. The van der Waals surface area contributed by atoms with Crippen molar-refractivity contribution in [3.05, 3.63) is 242 Å². The summed E-state index contributed by atoms with van der Waals surface area (Å²) in [6.07, 6.45) is 0. The Morgan fingerprint density at radius 2 is 0.690 bits per heavy atom. The maximum atomic E-state index is 9.90. The van der Waals surface area contributed by atoms with Crippen LogP contribution >= 0.6 is 0 Å². The average molecular weight is 907 g/mol. The van der Waals surface area contributed by atoms with Crippen molar-refractivity contribution < 1.29 is 0 Å². The Labute approximate surface area is 409 Å². The summed E-state index contributed by atoms with van der Waals surface area (Å²) < 4.78 is 2.29. The van der Waals surface area contributed by atoms with E-state index in [1.807, 2.05) is 152 Å². The number of aromatic nitrogens is 6. The Balaban J connectivity index is 1.18. The molecule has 8 nitrogen and oxygen atoms in total. The summed E-state index contributed by atoms with van der Waals surface area (Å²) in [7, 11) is 0. The average Bonchev–Trinajstić information content (AvgIpc) is 3.78. The lowest BCUT2D eigenvalue weighted by atomic mass is 10.0. The molecule has 0 radical (unpaired) electrons. The van der Waals surface area contributed by atoms with E-state index in [1.165, 1.54) is 0 Å². The van der Waals surface area contributed by atoms with Gasteiger partial charge in [-0.1, -0.05) is 170 Å². The van der Waals surface area contributed by atoms with Crippen LogP contribution in [0.15, 0.2) is 231 Å².